The molecule has 0 radical (unpaired) electrons. The average Bonchev–Trinajstić information content (AvgIpc) is 3.42. The first kappa shape index (κ1) is 21.1. The fraction of sp³-hybridized carbons (Fsp3) is 0.375. The number of hydrogen-bond acceptors (Lipinski definition) is 4. The number of fused-ring (bicyclic) bond motifs is 1. The Morgan fingerprint density at radius 2 is 2.03 bits per heavy atom. The second-order valence-corrected chi connectivity index (χ2v) is 8.32. The van der Waals surface area contributed by atoms with E-state index in [9.17, 15) is 9.59 Å². The van der Waals surface area contributed by atoms with Crippen LogP contribution >= 0.6 is 0 Å². The number of nitrogens with one attached hydrogen (secondary N) is 3. The van der Waals surface area contributed by atoms with Gasteiger partial charge in [0.2, 0.25) is 11.8 Å². The van der Waals surface area contributed by atoms with E-state index in [1.807, 2.05) is 56.6 Å². The predicted octanol–water partition coefficient (Wildman–Crippen LogP) is 2.31. The highest BCUT2D eigenvalue weighted by atomic mass is 16.2. The molecule has 162 valence electrons. The van der Waals surface area contributed by atoms with Gasteiger partial charge in [-0.1, -0.05) is 29.8 Å². The van der Waals surface area contributed by atoms with Crippen LogP contribution in [0.1, 0.15) is 29.5 Å². The van der Waals surface area contributed by atoms with Gasteiger partial charge in [-0.15, -0.1) is 0 Å². The van der Waals surface area contributed by atoms with Gasteiger partial charge in [-0.2, -0.15) is 0 Å². The molecule has 0 saturated carbocycles. The molecule has 2 atom stereocenters. The lowest BCUT2D eigenvalue weighted by atomic mass is 10.0. The molecule has 7 nitrogen and oxygen atoms in total. The maximum atomic E-state index is 13.1. The fourth-order valence-electron chi connectivity index (χ4n) is 4.16. The first-order valence-corrected chi connectivity index (χ1v) is 10.8. The van der Waals surface area contributed by atoms with Crippen molar-refractivity contribution in [1.82, 2.24) is 25.5 Å². The monoisotopic (exact) mass is 419 g/mol. The Morgan fingerprint density at radius 1 is 1.23 bits per heavy atom. The van der Waals surface area contributed by atoms with E-state index in [0.29, 0.717) is 13.0 Å². The SMILES string of the molecule is Cc1ccc(C[C@H](NC(=O)[C@H]2CCCN2C)C(=O)NCc2ccnc3[nH]ccc23)cc1. The maximum absolute atomic E-state index is 13.1. The number of hydrogen-bond donors (Lipinski definition) is 3. The quantitative estimate of drug-likeness (QED) is 0.548. The standard InChI is InChI=1S/C24H29N5O2/c1-16-5-7-17(8-6-16)14-20(28-24(31)21-4-3-13-29(21)2)23(30)27-15-18-9-11-25-22-19(18)10-12-26-22/h5-12,20-21H,3-4,13-15H2,1-2H3,(H,25,26)(H,27,30)(H,28,31)/t20-,21+/m0/s1. The number of amides is 2. The lowest BCUT2D eigenvalue weighted by molar-refractivity contribution is -0.131. The summed E-state index contributed by atoms with van der Waals surface area (Å²) in [6.45, 7) is 3.31. The van der Waals surface area contributed by atoms with Crippen LogP contribution in [0, 0.1) is 6.92 Å². The van der Waals surface area contributed by atoms with Crippen molar-refractivity contribution in [2.75, 3.05) is 13.6 Å². The maximum Gasteiger partial charge on any atom is 0.243 e. The van der Waals surface area contributed by atoms with Crippen LogP contribution in [0.25, 0.3) is 11.0 Å². The van der Waals surface area contributed by atoms with E-state index in [0.717, 1.165) is 47.1 Å². The topological polar surface area (TPSA) is 90.1 Å². The molecule has 2 amide bonds. The number of aromatic amines is 1. The molecule has 1 aliphatic rings. The summed E-state index contributed by atoms with van der Waals surface area (Å²) in [6, 6.07) is 11.1. The van der Waals surface area contributed by atoms with E-state index < -0.39 is 6.04 Å². The number of carbonyl (C=O) groups excluding carboxylic acids is 2. The van der Waals surface area contributed by atoms with Crippen molar-refractivity contribution in [1.29, 1.82) is 0 Å². The Bertz CT molecular complexity index is 1060. The van der Waals surface area contributed by atoms with Crippen LogP contribution in [0.15, 0.2) is 48.8 Å². The summed E-state index contributed by atoms with van der Waals surface area (Å²) < 4.78 is 0. The third-order valence-corrected chi connectivity index (χ3v) is 6.02. The van der Waals surface area contributed by atoms with Crippen LogP contribution in [0.5, 0.6) is 0 Å². The van der Waals surface area contributed by atoms with E-state index >= 15 is 0 Å². The number of H-pyrrole nitrogens is 1. The average molecular weight is 420 g/mol. The fourth-order valence-corrected chi connectivity index (χ4v) is 4.16. The Balaban J connectivity index is 1.47. The van der Waals surface area contributed by atoms with E-state index in [1.165, 1.54) is 0 Å². The molecule has 0 spiro atoms. The zero-order chi connectivity index (χ0) is 21.8. The first-order valence-electron chi connectivity index (χ1n) is 10.8. The van der Waals surface area contributed by atoms with Crippen LogP contribution in [0.3, 0.4) is 0 Å². The minimum atomic E-state index is -0.632. The molecule has 3 aromatic rings. The molecule has 1 aromatic carbocycles. The van der Waals surface area contributed by atoms with Crippen molar-refractivity contribution in [2.45, 2.75) is 44.8 Å². The van der Waals surface area contributed by atoms with E-state index in [1.54, 1.807) is 6.20 Å². The zero-order valence-electron chi connectivity index (χ0n) is 18.0. The number of nitrogens with zero attached hydrogens (tertiary/aromatic N) is 2. The van der Waals surface area contributed by atoms with Crippen LogP contribution in [0.2, 0.25) is 0 Å². The number of likely N-dealkylation sites (N-methyl/N-ethyl adjacent to an activating group) is 1. The number of carbonyl (C=O) groups is 2. The third-order valence-electron chi connectivity index (χ3n) is 6.02. The second-order valence-electron chi connectivity index (χ2n) is 8.32. The summed E-state index contributed by atoms with van der Waals surface area (Å²) in [5.41, 5.74) is 3.95. The van der Waals surface area contributed by atoms with Crippen molar-refractivity contribution in [2.24, 2.45) is 0 Å². The molecule has 3 heterocycles. The largest absolute Gasteiger partial charge is 0.350 e. The molecule has 0 unspecified atom stereocenters. The lowest BCUT2D eigenvalue weighted by Crippen LogP contribution is -2.52. The normalized spacial score (nSPS) is 17.5. The molecule has 7 heteroatoms. The minimum Gasteiger partial charge on any atom is -0.350 e. The van der Waals surface area contributed by atoms with Crippen molar-refractivity contribution in [3.05, 3.63) is 65.5 Å². The van der Waals surface area contributed by atoms with Crippen LogP contribution in [-0.4, -0.2) is 52.4 Å². The van der Waals surface area contributed by atoms with Crippen molar-refractivity contribution < 1.29 is 9.59 Å². The smallest absolute Gasteiger partial charge is 0.243 e. The van der Waals surface area contributed by atoms with E-state index in [2.05, 4.69) is 25.5 Å². The highest BCUT2D eigenvalue weighted by molar-refractivity contribution is 5.90. The van der Waals surface area contributed by atoms with Gasteiger partial charge in [-0.25, -0.2) is 4.98 Å². The molecular weight excluding hydrogens is 390 g/mol. The van der Waals surface area contributed by atoms with Crippen LogP contribution in [-0.2, 0) is 22.6 Å². The number of likely N-dealkylation sites (tertiary alicyclic amines) is 1. The Labute approximate surface area is 182 Å². The molecule has 3 N–H and O–H groups in total. The van der Waals surface area contributed by atoms with Gasteiger partial charge in [0.15, 0.2) is 0 Å². The summed E-state index contributed by atoms with van der Waals surface area (Å²) in [5.74, 6) is -0.265. The van der Waals surface area contributed by atoms with Crippen molar-refractivity contribution >= 4 is 22.8 Å². The van der Waals surface area contributed by atoms with Crippen LogP contribution in [0.4, 0.5) is 0 Å². The first-order chi connectivity index (χ1) is 15.0. The van der Waals surface area contributed by atoms with Gasteiger partial charge in [-0.05, 0) is 56.6 Å². The lowest BCUT2D eigenvalue weighted by Gasteiger charge is -2.24. The molecule has 0 aliphatic carbocycles. The number of rotatable bonds is 7. The highest BCUT2D eigenvalue weighted by Gasteiger charge is 2.31. The number of pyridine rings is 1. The Kier molecular flexibility index (Phi) is 6.32. The molecule has 4 rings (SSSR count). The molecular formula is C24H29N5O2. The van der Waals surface area contributed by atoms with Gasteiger partial charge < -0.3 is 15.6 Å². The Hall–Kier alpha value is -3.19. The molecule has 1 aliphatic heterocycles. The number of aryl methyl sites for hydroxylation is 1. The minimum absolute atomic E-state index is 0.0794. The summed E-state index contributed by atoms with van der Waals surface area (Å²) in [6.07, 6.45) is 5.83. The summed E-state index contributed by atoms with van der Waals surface area (Å²) in [7, 11) is 1.96. The summed E-state index contributed by atoms with van der Waals surface area (Å²) >= 11 is 0. The zero-order valence-corrected chi connectivity index (χ0v) is 18.0. The molecule has 1 fully saturated rings. The van der Waals surface area contributed by atoms with Gasteiger partial charge in [0, 0.05) is 30.7 Å². The number of aromatic nitrogens is 2. The van der Waals surface area contributed by atoms with E-state index in [-0.39, 0.29) is 17.9 Å². The van der Waals surface area contributed by atoms with Crippen molar-refractivity contribution in [3.8, 4) is 0 Å². The Morgan fingerprint density at radius 3 is 2.77 bits per heavy atom. The molecule has 1 saturated heterocycles. The van der Waals surface area contributed by atoms with Gasteiger partial charge in [0.05, 0.1) is 6.04 Å². The van der Waals surface area contributed by atoms with Gasteiger partial charge in [0.25, 0.3) is 0 Å². The highest BCUT2D eigenvalue weighted by Crippen LogP contribution is 2.17. The molecule has 0 bridgehead atoms. The van der Waals surface area contributed by atoms with Gasteiger partial charge in [-0.3, -0.25) is 14.5 Å². The second kappa shape index (κ2) is 9.31. The summed E-state index contributed by atoms with van der Waals surface area (Å²) in [5, 5.41) is 7.00. The third kappa shape index (κ3) is 4.94. The van der Waals surface area contributed by atoms with Gasteiger partial charge >= 0.3 is 0 Å². The van der Waals surface area contributed by atoms with Gasteiger partial charge in [0.1, 0.15) is 11.7 Å². The summed E-state index contributed by atoms with van der Waals surface area (Å²) in [4.78, 5) is 35.4. The molecule has 31 heavy (non-hydrogen) atoms. The predicted molar refractivity (Wildman–Crippen MR) is 120 cm³/mol. The van der Waals surface area contributed by atoms with E-state index in [4.69, 9.17) is 0 Å². The molecule has 2 aromatic heterocycles. The van der Waals surface area contributed by atoms with Crippen LogP contribution < -0.4 is 10.6 Å². The number of benzene rings is 1. The van der Waals surface area contributed by atoms with Crippen molar-refractivity contribution in [3.63, 3.8) is 0 Å².